The van der Waals surface area contributed by atoms with Crippen LogP contribution in [0.5, 0.6) is 5.75 Å². The number of phenols is 1. The van der Waals surface area contributed by atoms with Gasteiger partial charge in [0.05, 0.1) is 17.3 Å². The van der Waals surface area contributed by atoms with Gasteiger partial charge in [0.2, 0.25) is 0 Å². The van der Waals surface area contributed by atoms with Crippen molar-refractivity contribution in [1.29, 1.82) is 0 Å². The molecule has 0 amide bonds. The highest BCUT2D eigenvalue weighted by Crippen LogP contribution is 2.36. The molecule has 2 saturated heterocycles. The van der Waals surface area contributed by atoms with E-state index in [0.717, 1.165) is 44.5 Å². The van der Waals surface area contributed by atoms with E-state index in [0.29, 0.717) is 17.8 Å². The van der Waals surface area contributed by atoms with E-state index in [9.17, 15) is 18.3 Å². The van der Waals surface area contributed by atoms with E-state index in [-0.39, 0.29) is 23.2 Å². The molecule has 3 heterocycles. The Bertz CT molecular complexity index is 933. The van der Waals surface area contributed by atoms with Gasteiger partial charge in [-0.3, -0.25) is 4.90 Å². The van der Waals surface area contributed by atoms with Crippen LogP contribution in [-0.2, 0) is 6.18 Å². The third-order valence-electron chi connectivity index (χ3n) is 5.53. The Labute approximate surface area is 165 Å². The summed E-state index contributed by atoms with van der Waals surface area (Å²) in [5.41, 5.74) is -0.200. The molecular weight excluding hydrogens is 385 g/mol. The highest BCUT2D eigenvalue weighted by atomic mass is 19.4. The lowest BCUT2D eigenvalue weighted by Crippen LogP contribution is -2.42. The number of hydrogen-bond acceptors (Lipinski definition) is 7. The van der Waals surface area contributed by atoms with Crippen LogP contribution in [0.15, 0.2) is 28.4 Å². The van der Waals surface area contributed by atoms with Crippen LogP contribution < -0.4 is 0 Å². The standard InChI is InChI=1S/C19H21F3N6O/c1-11-17(13-7-6-12(10-16(13)29)19(20,21)22)25-27-18(23-11)26-24-14-4-2-8-28-9-3-5-15(14)28/h6-7,10,14-15,29H,2-5,8-9H2,1H3. The Hall–Kier alpha value is -2.62. The molecule has 2 atom stereocenters. The Morgan fingerprint density at radius 2 is 1.90 bits per heavy atom. The highest BCUT2D eigenvalue weighted by Gasteiger charge is 2.35. The summed E-state index contributed by atoms with van der Waals surface area (Å²) in [6, 6.07) is 3.26. The first-order valence-corrected chi connectivity index (χ1v) is 9.60. The van der Waals surface area contributed by atoms with Crippen molar-refractivity contribution in [3.8, 4) is 17.0 Å². The summed E-state index contributed by atoms with van der Waals surface area (Å²) in [4.78, 5) is 6.70. The van der Waals surface area contributed by atoms with Gasteiger partial charge in [0.25, 0.3) is 5.95 Å². The molecule has 2 aliphatic rings. The van der Waals surface area contributed by atoms with Crippen molar-refractivity contribution in [3.63, 3.8) is 0 Å². The van der Waals surface area contributed by atoms with E-state index in [1.165, 1.54) is 6.42 Å². The van der Waals surface area contributed by atoms with Gasteiger partial charge >= 0.3 is 6.18 Å². The third-order valence-corrected chi connectivity index (χ3v) is 5.53. The molecule has 0 aliphatic carbocycles. The first-order chi connectivity index (χ1) is 13.8. The number of nitrogens with zero attached hydrogens (tertiary/aromatic N) is 6. The number of aryl methyl sites for hydroxylation is 1. The number of aromatic hydroxyl groups is 1. The number of rotatable bonds is 3. The lowest BCUT2D eigenvalue weighted by molar-refractivity contribution is -0.137. The quantitative estimate of drug-likeness (QED) is 0.769. The Morgan fingerprint density at radius 3 is 2.59 bits per heavy atom. The number of halogens is 3. The smallest absolute Gasteiger partial charge is 0.416 e. The third kappa shape index (κ3) is 4.07. The molecule has 29 heavy (non-hydrogen) atoms. The number of aromatic nitrogens is 3. The minimum absolute atomic E-state index is 0.104. The molecule has 1 N–H and O–H groups in total. The Balaban J connectivity index is 1.54. The molecule has 0 saturated carbocycles. The maximum atomic E-state index is 12.8. The van der Waals surface area contributed by atoms with Gasteiger partial charge in [0, 0.05) is 11.6 Å². The summed E-state index contributed by atoms with van der Waals surface area (Å²) in [5.74, 6) is -0.426. The highest BCUT2D eigenvalue weighted by molar-refractivity contribution is 5.69. The SMILES string of the molecule is Cc1nc(N=NC2CCCN3CCCC23)nnc1-c1ccc(C(F)(F)F)cc1O. The summed E-state index contributed by atoms with van der Waals surface area (Å²) >= 11 is 0. The molecule has 0 bridgehead atoms. The van der Waals surface area contributed by atoms with Crippen LogP contribution in [0.4, 0.5) is 19.1 Å². The summed E-state index contributed by atoms with van der Waals surface area (Å²) in [7, 11) is 0. The van der Waals surface area contributed by atoms with Crippen LogP contribution in [0.1, 0.15) is 36.9 Å². The fourth-order valence-electron chi connectivity index (χ4n) is 4.11. The van der Waals surface area contributed by atoms with Crippen molar-refractivity contribution in [1.82, 2.24) is 20.1 Å². The van der Waals surface area contributed by atoms with Crippen LogP contribution >= 0.6 is 0 Å². The molecule has 1 aromatic heterocycles. The lowest BCUT2D eigenvalue weighted by Gasteiger charge is -2.33. The van der Waals surface area contributed by atoms with Gasteiger partial charge in [-0.1, -0.05) is 0 Å². The van der Waals surface area contributed by atoms with Crippen LogP contribution in [-0.4, -0.2) is 50.4 Å². The monoisotopic (exact) mass is 406 g/mol. The summed E-state index contributed by atoms with van der Waals surface area (Å²) in [5, 5.41) is 26.6. The Morgan fingerprint density at radius 1 is 1.14 bits per heavy atom. The molecule has 154 valence electrons. The molecule has 2 fully saturated rings. The van der Waals surface area contributed by atoms with Gasteiger partial charge in [-0.25, -0.2) is 4.98 Å². The lowest BCUT2D eigenvalue weighted by atomic mass is 9.97. The molecule has 7 nitrogen and oxygen atoms in total. The van der Waals surface area contributed by atoms with Crippen molar-refractivity contribution >= 4 is 5.95 Å². The zero-order chi connectivity index (χ0) is 20.6. The van der Waals surface area contributed by atoms with E-state index < -0.39 is 17.5 Å². The fraction of sp³-hybridized carbons (Fsp3) is 0.526. The second kappa shape index (κ2) is 7.66. The Kier molecular flexibility index (Phi) is 5.20. The number of azo groups is 1. The molecule has 4 rings (SSSR count). The average Bonchev–Trinajstić information content (AvgIpc) is 3.15. The van der Waals surface area contributed by atoms with Crippen molar-refractivity contribution in [2.24, 2.45) is 10.2 Å². The van der Waals surface area contributed by atoms with E-state index in [2.05, 4.69) is 30.3 Å². The average molecular weight is 406 g/mol. The number of piperidine rings is 1. The van der Waals surface area contributed by atoms with Crippen LogP contribution in [0.2, 0.25) is 0 Å². The van der Waals surface area contributed by atoms with Crippen molar-refractivity contribution < 1.29 is 18.3 Å². The van der Waals surface area contributed by atoms with Crippen molar-refractivity contribution in [3.05, 3.63) is 29.5 Å². The minimum Gasteiger partial charge on any atom is -0.507 e. The second-order valence-corrected chi connectivity index (χ2v) is 7.45. The van der Waals surface area contributed by atoms with Gasteiger partial charge < -0.3 is 5.11 Å². The van der Waals surface area contributed by atoms with E-state index in [4.69, 9.17) is 0 Å². The maximum absolute atomic E-state index is 12.8. The molecule has 10 heteroatoms. The zero-order valence-electron chi connectivity index (χ0n) is 15.9. The minimum atomic E-state index is -4.53. The van der Waals surface area contributed by atoms with Gasteiger partial charge in [-0.2, -0.15) is 18.3 Å². The predicted octanol–water partition coefficient (Wildman–Crippen LogP) is 4.28. The summed E-state index contributed by atoms with van der Waals surface area (Å²) in [6.07, 6.45) is -0.167. The van der Waals surface area contributed by atoms with Crippen LogP contribution in [0.3, 0.4) is 0 Å². The van der Waals surface area contributed by atoms with E-state index >= 15 is 0 Å². The molecular formula is C19H21F3N6O. The molecule has 0 spiro atoms. The van der Waals surface area contributed by atoms with E-state index in [1.807, 2.05) is 0 Å². The maximum Gasteiger partial charge on any atom is 0.416 e. The molecule has 2 aromatic rings. The van der Waals surface area contributed by atoms with Gasteiger partial charge in [-0.15, -0.1) is 15.3 Å². The predicted molar refractivity (Wildman–Crippen MR) is 98.8 cm³/mol. The first kappa shape index (κ1) is 19.7. The second-order valence-electron chi connectivity index (χ2n) is 7.45. The van der Waals surface area contributed by atoms with E-state index in [1.54, 1.807) is 6.92 Å². The van der Waals surface area contributed by atoms with Gasteiger partial charge in [0.15, 0.2) is 0 Å². The first-order valence-electron chi connectivity index (χ1n) is 9.60. The number of fused-ring (bicyclic) bond motifs is 1. The molecule has 0 radical (unpaired) electrons. The normalized spacial score (nSPS) is 22.9. The molecule has 2 aliphatic heterocycles. The van der Waals surface area contributed by atoms with Crippen LogP contribution in [0, 0.1) is 6.92 Å². The number of alkyl halides is 3. The molecule has 1 aromatic carbocycles. The zero-order valence-corrected chi connectivity index (χ0v) is 15.9. The number of benzene rings is 1. The summed E-state index contributed by atoms with van der Waals surface area (Å²) in [6.45, 7) is 3.86. The number of hydrogen-bond donors (Lipinski definition) is 1. The number of phenolic OH excluding ortho intramolecular Hbond substituents is 1. The fourth-order valence-corrected chi connectivity index (χ4v) is 4.11. The summed E-state index contributed by atoms with van der Waals surface area (Å²) < 4.78 is 38.3. The largest absolute Gasteiger partial charge is 0.507 e. The molecule has 2 unspecified atom stereocenters. The van der Waals surface area contributed by atoms with Crippen molar-refractivity contribution in [2.45, 2.75) is 50.9 Å². The van der Waals surface area contributed by atoms with Gasteiger partial charge in [-0.05, 0) is 63.9 Å². The van der Waals surface area contributed by atoms with Gasteiger partial charge in [0.1, 0.15) is 11.4 Å². The van der Waals surface area contributed by atoms with Crippen LogP contribution in [0.25, 0.3) is 11.3 Å². The van der Waals surface area contributed by atoms with Crippen molar-refractivity contribution in [2.75, 3.05) is 13.1 Å². The topological polar surface area (TPSA) is 86.9 Å².